The van der Waals surface area contributed by atoms with E-state index in [4.69, 9.17) is 13.3 Å². The van der Waals surface area contributed by atoms with Crippen molar-refractivity contribution in [2.24, 2.45) is 0 Å². The van der Waals surface area contributed by atoms with Crippen molar-refractivity contribution < 1.29 is 13.3 Å². The van der Waals surface area contributed by atoms with Gasteiger partial charge in [0.1, 0.15) is 17.3 Å². The molecular formula is C36H24O3. The predicted octanol–water partition coefficient (Wildman–Crippen LogP) is 10.5. The Morgan fingerprint density at radius 2 is 0.513 bits per heavy atom. The average Bonchev–Trinajstić information content (AvgIpc) is 3.82. The fraction of sp³-hybridized carbons (Fsp3) is 0. The molecular weight excluding hydrogens is 480 g/mol. The first-order valence-corrected chi connectivity index (χ1v) is 12.9. The number of hydrogen-bond acceptors (Lipinski definition) is 3. The Bertz CT molecular complexity index is 1560. The third kappa shape index (κ3) is 4.62. The lowest BCUT2D eigenvalue weighted by Gasteiger charge is -2.12. The molecule has 0 fully saturated rings. The van der Waals surface area contributed by atoms with Crippen molar-refractivity contribution in [2.45, 2.75) is 0 Å². The Morgan fingerprint density at radius 3 is 0.744 bits per heavy atom. The number of hydrogen-bond donors (Lipinski definition) is 0. The Labute approximate surface area is 226 Å². The molecule has 0 spiro atoms. The zero-order chi connectivity index (χ0) is 26.0. The van der Waals surface area contributed by atoms with E-state index in [2.05, 4.69) is 91.0 Å². The molecule has 4 aromatic carbocycles. The van der Waals surface area contributed by atoms with Crippen LogP contribution in [0.15, 0.2) is 159 Å². The van der Waals surface area contributed by atoms with Gasteiger partial charge in [-0.25, -0.2) is 0 Å². The summed E-state index contributed by atoms with van der Waals surface area (Å²) >= 11 is 0. The number of furan rings is 3. The highest BCUT2D eigenvalue weighted by Gasteiger charge is 2.10. The van der Waals surface area contributed by atoms with Crippen LogP contribution in [0.25, 0.3) is 67.4 Å². The van der Waals surface area contributed by atoms with Crippen LogP contribution in [0.1, 0.15) is 0 Å². The van der Waals surface area contributed by atoms with Gasteiger partial charge in [0.2, 0.25) is 0 Å². The largest absolute Gasteiger partial charge is 0.464 e. The van der Waals surface area contributed by atoms with Gasteiger partial charge in [-0.2, -0.15) is 0 Å². The number of benzene rings is 4. The Kier molecular flexibility index (Phi) is 5.80. The molecule has 0 aliphatic heterocycles. The Hall–Kier alpha value is -5.28. The molecule has 3 heterocycles. The van der Waals surface area contributed by atoms with E-state index >= 15 is 0 Å². The molecule has 0 N–H and O–H groups in total. The number of rotatable bonds is 6. The van der Waals surface area contributed by atoms with Crippen molar-refractivity contribution in [3.63, 3.8) is 0 Å². The molecule has 0 bridgehead atoms. The maximum atomic E-state index is 5.58. The van der Waals surface area contributed by atoms with Gasteiger partial charge in [-0.3, -0.25) is 0 Å². The normalized spacial score (nSPS) is 11.1. The molecule has 186 valence electrons. The first-order valence-electron chi connectivity index (χ1n) is 12.9. The van der Waals surface area contributed by atoms with Gasteiger partial charge in [0.05, 0.1) is 18.8 Å². The fourth-order valence-corrected chi connectivity index (χ4v) is 4.94. The molecule has 0 aliphatic carbocycles. The van der Waals surface area contributed by atoms with Crippen molar-refractivity contribution in [1.29, 1.82) is 0 Å². The minimum Gasteiger partial charge on any atom is -0.464 e. The zero-order valence-electron chi connectivity index (χ0n) is 21.1. The van der Waals surface area contributed by atoms with E-state index in [1.807, 2.05) is 36.4 Å². The fourth-order valence-electron chi connectivity index (χ4n) is 4.94. The maximum absolute atomic E-state index is 5.58. The van der Waals surface area contributed by atoms with Crippen molar-refractivity contribution in [3.8, 4) is 67.4 Å². The van der Waals surface area contributed by atoms with Gasteiger partial charge in [-0.15, -0.1) is 0 Å². The molecule has 3 heteroatoms. The van der Waals surface area contributed by atoms with Gasteiger partial charge in [0.25, 0.3) is 0 Å². The molecule has 0 aliphatic rings. The third-order valence-electron chi connectivity index (χ3n) is 7.00. The van der Waals surface area contributed by atoms with E-state index in [1.54, 1.807) is 18.8 Å². The van der Waals surface area contributed by atoms with Crippen LogP contribution < -0.4 is 0 Å². The summed E-state index contributed by atoms with van der Waals surface area (Å²) < 4.78 is 16.7. The quantitative estimate of drug-likeness (QED) is 0.226. The summed E-state index contributed by atoms with van der Waals surface area (Å²) in [4.78, 5) is 0. The van der Waals surface area contributed by atoms with E-state index in [0.29, 0.717) is 0 Å². The van der Waals surface area contributed by atoms with Gasteiger partial charge in [0, 0.05) is 16.7 Å². The lowest BCUT2D eigenvalue weighted by Crippen LogP contribution is -1.87. The SMILES string of the molecule is c1coc(-c2ccc(-c3cc(-c4ccc(-c5ccco5)cc4)cc(-c4ccc(-c5ccco5)cc4)c3)cc2)c1. The molecule has 0 saturated heterocycles. The van der Waals surface area contributed by atoms with E-state index < -0.39 is 0 Å². The molecule has 0 amide bonds. The Balaban J connectivity index is 1.30. The minimum absolute atomic E-state index is 0.865. The van der Waals surface area contributed by atoms with Crippen molar-refractivity contribution in [2.75, 3.05) is 0 Å². The van der Waals surface area contributed by atoms with Crippen LogP contribution in [0.4, 0.5) is 0 Å². The zero-order valence-corrected chi connectivity index (χ0v) is 21.1. The average molecular weight is 505 g/mol. The molecule has 3 nitrogen and oxygen atoms in total. The second-order valence-electron chi connectivity index (χ2n) is 9.46. The second kappa shape index (κ2) is 9.88. The maximum Gasteiger partial charge on any atom is 0.133 e. The van der Waals surface area contributed by atoms with Crippen molar-refractivity contribution in [1.82, 2.24) is 0 Å². The lowest BCUT2D eigenvalue weighted by molar-refractivity contribution is 0.582. The summed E-state index contributed by atoms with van der Waals surface area (Å²) in [7, 11) is 0. The van der Waals surface area contributed by atoms with Crippen LogP contribution >= 0.6 is 0 Å². The van der Waals surface area contributed by atoms with Crippen LogP contribution in [0.3, 0.4) is 0 Å². The topological polar surface area (TPSA) is 39.4 Å². The predicted molar refractivity (Wildman–Crippen MR) is 156 cm³/mol. The van der Waals surface area contributed by atoms with Crippen molar-refractivity contribution >= 4 is 0 Å². The van der Waals surface area contributed by atoms with E-state index in [0.717, 1.165) is 67.4 Å². The summed E-state index contributed by atoms with van der Waals surface area (Å²) in [5.74, 6) is 2.60. The van der Waals surface area contributed by atoms with E-state index in [-0.39, 0.29) is 0 Å². The summed E-state index contributed by atoms with van der Waals surface area (Å²) in [6, 6.07) is 44.0. The summed E-state index contributed by atoms with van der Waals surface area (Å²) in [5, 5.41) is 0. The highest BCUT2D eigenvalue weighted by molar-refractivity contribution is 5.83. The van der Waals surface area contributed by atoms with Crippen LogP contribution in [-0.4, -0.2) is 0 Å². The monoisotopic (exact) mass is 504 g/mol. The first kappa shape index (κ1) is 22.9. The molecule has 7 rings (SSSR count). The van der Waals surface area contributed by atoms with Crippen LogP contribution in [0, 0.1) is 0 Å². The van der Waals surface area contributed by atoms with Gasteiger partial charge < -0.3 is 13.3 Å². The molecule has 0 unspecified atom stereocenters. The van der Waals surface area contributed by atoms with Gasteiger partial charge in [0.15, 0.2) is 0 Å². The molecule has 0 radical (unpaired) electrons. The van der Waals surface area contributed by atoms with Crippen LogP contribution in [0.2, 0.25) is 0 Å². The molecule has 39 heavy (non-hydrogen) atoms. The molecule has 0 atom stereocenters. The smallest absolute Gasteiger partial charge is 0.133 e. The molecule has 3 aromatic heterocycles. The summed E-state index contributed by atoms with van der Waals surface area (Å²) in [5.41, 5.74) is 10.1. The highest BCUT2D eigenvalue weighted by Crippen LogP contribution is 2.35. The van der Waals surface area contributed by atoms with Crippen LogP contribution in [-0.2, 0) is 0 Å². The summed E-state index contributed by atoms with van der Waals surface area (Å²) in [6.45, 7) is 0. The standard InChI is InChI=1S/C36H24O3/c1-4-34(37-19-1)28-13-7-25(8-14-28)31-22-32(26-9-15-29(16-10-26)35-5-2-20-38-35)24-33(23-31)27-11-17-30(18-12-27)36-6-3-21-39-36/h1-24H. The lowest BCUT2D eigenvalue weighted by atomic mass is 9.92. The molecule has 7 aromatic rings. The second-order valence-corrected chi connectivity index (χ2v) is 9.46. The molecule has 0 saturated carbocycles. The third-order valence-corrected chi connectivity index (χ3v) is 7.00. The minimum atomic E-state index is 0.865. The van der Waals surface area contributed by atoms with E-state index in [1.165, 1.54) is 0 Å². The van der Waals surface area contributed by atoms with Gasteiger partial charge in [-0.05, 0) is 88.0 Å². The first-order chi connectivity index (χ1) is 19.3. The Morgan fingerprint density at radius 1 is 0.256 bits per heavy atom. The summed E-state index contributed by atoms with van der Waals surface area (Å²) in [6.07, 6.45) is 5.11. The van der Waals surface area contributed by atoms with E-state index in [9.17, 15) is 0 Å². The van der Waals surface area contributed by atoms with Crippen molar-refractivity contribution in [3.05, 3.63) is 146 Å². The highest BCUT2D eigenvalue weighted by atomic mass is 16.3. The van der Waals surface area contributed by atoms with Crippen LogP contribution in [0.5, 0.6) is 0 Å². The van der Waals surface area contributed by atoms with Gasteiger partial charge in [-0.1, -0.05) is 72.8 Å². The van der Waals surface area contributed by atoms with Gasteiger partial charge >= 0.3 is 0 Å².